The lowest BCUT2D eigenvalue weighted by molar-refractivity contribution is -0.125. The Hall–Kier alpha value is -1.45. The third-order valence-electron chi connectivity index (χ3n) is 3.95. The van der Waals surface area contributed by atoms with E-state index in [1.54, 1.807) is 24.3 Å². The van der Waals surface area contributed by atoms with Crippen LogP contribution >= 0.6 is 11.6 Å². The number of rotatable bonds is 8. The van der Waals surface area contributed by atoms with E-state index in [2.05, 4.69) is 10.0 Å². The highest BCUT2D eigenvalue weighted by Gasteiger charge is 2.30. The summed E-state index contributed by atoms with van der Waals surface area (Å²) in [6, 6.07) is 6.49. The first-order valence-electron chi connectivity index (χ1n) is 8.28. The Labute approximate surface area is 158 Å². The predicted molar refractivity (Wildman–Crippen MR) is 99.2 cm³/mol. The van der Waals surface area contributed by atoms with E-state index in [0.717, 1.165) is 5.56 Å². The average Bonchev–Trinajstić information content (AvgIpc) is 2.62. The first-order chi connectivity index (χ1) is 12.3. The van der Waals surface area contributed by atoms with Crippen LogP contribution in [0.4, 0.5) is 0 Å². The summed E-state index contributed by atoms with van der Waals surface area (Å²) in [5.41, 5.74) is 0.921. The summed E-state index contributed by atoms with van der Waals surface area (Å²) in [4.78, 5) is 12.1. The number of halogens is 1. The van der Waals surface area contributed by atoms with Crippen LogP contribution in [0.15, 0.2) is 36.4 Å². The van der Waals surface area contributed by atoms with E-state index in [1.807, 2.05) is 12.1 Å². The molecule has 9 heteroatoms. The summed E-state index contributed by atoms with van der Waals surface area (Å²) in [6.07, 6.45) is 2.06. The second-order valence-electron chi connectivity index (χ2n) is 5.93. The van der Waals surface area contributed by atoms with Gasteiger partial charge >= 0.3 is 0 Å². The lowest BCUT2D eigenvalue weighted by Gasteiger charge is -2.31. The summed E-state index contributed by atoms with van der Waals surface area (Å²) >= 11 is 5.82. The van der Waals surface area contributed by atoms with Gasteiger partial charge in [-0.1, -0.05) is 35.9 Å². The fourth-order valence-corrected chi connectivity index (χ4v) is 3.40. The van der Waals surface area contributed by atoms with Crippen LogP contribution in [0.3, 0.4) is 0 Å². The fourth-order valence-electron chi connectivity index (χ4n) is 2.46. The molecule has 7 nitrogen and oxygen atoms in total. The van der Waals surface area contributed by atoms with E-state index >= 15 is 0 Å². The molecule has 0 spiro atoms. The molecular formula is C17H23ClN2O5S. The van der Waals surface area contributed by atoms with E-state index in [4.69, 9.17) is 16.3 Å². The first-order valence-corrected chi connectivity index (χ1v) is 10.3. The Morgan fingerprint density at radius 2 is 1.96 bits per heavy atom. The number of hydrogen-bond acceptors (Lipinski definition) is 5. The number of aliphatic hydroxyl groups excluding tert-OH is 1. The largest absolute Gasteiger partial charge is 0.394 e. The Morgan fingerprint density at radius 1 is 1.27 bits per heavy atom. The van der Waals surface area contributed by atoms with Crippen molar-refractivity contribution < 1.29 is 23.1 Å². The topological polar surface area (TPSA) is 105 Å². The van der Waals surface area contributed by atoms with Crippen LogP contribution in [0.1, 0.15) is 18.9 Å². The zero-order chi connectivity index (χ0) is 19.2. The van der Waals surface area contributed by atoms with E-state index in [9.17, 15) is 18.3 Å². The molecule has 3 N–H and O–H groups in total. The molecule has 0 radical (unpaired) electrons. The maximum Gasteiger partial charge on any atom is 0.223 e. The molecule has 1 aliphatic heterocycles. The molecule has 1 aliphatic rings. The minimum absolute atomic E-state index is 0.0635. The third-order valence-corrected chi connectivity index (χ3v) is 5.59. The van der Waals surface area contributed by atoms with Crippen molar-refractivity contribution >= 4 is 27.5 Å². The summed E-state index contributed by atoms with van der Waals surface area (Å²) in [6.45, 7) is 1.54. The summed E-state index contributed by atoms with van der Waals surface area (Å²) in [5, 5.41) is 12.9. The monoisotopic (exact) mass is 402 g/mol. The quantitative estimate of drug-likeness (QED) is 0.562. The van der Waals surface area contributed by atoms with Gasteiger partial charge in [0.2, 0.25) is 15.9 Å². The molecule has 0 saturated carbocycles. The van der Waals surface area contributed by atoms with E-state index in [1.165, 1.54) is 6.92 Å². The molecule has 0 fully saturated rings. The number of hydrogen-bond donors (Lipinski definition) is 3. The smallest absolute Gasteiger partial charge is 0.223 e. The molecule has 3 atom stereocenters. The van der Waals surface area contributed by atoms with Crippen LogP contribution in [-0.2, 0) is 26.1 Å². The fraction of sp³-hybridized carbons (Fsp3) is 0.471. The van der Waals surface area contributed by atoms with Gasteiger partial charge in [0.05, 0.1) is 30.9 Å². The summed E-state index contributed by atoms with van der Waals surface area (Å²) in [7, 11) is -3.43. The first kappa shape index (κ1) is 20.9. The normalized spacial score (nSPS) is 23.0. The molecule has 0 aromatic heterocycles. The van der Waals surface area contributed by atoms with Crippen molar-refractivity contribution in [3.8, 4) is 0 Å². The lowest BCUT2D eigenvalue weighted by Crippen LogP contribution is -2.49. The number of sulfonamides is 1. The van der Waals surface area contributed by atoms with Gasteiger partial charge in [-0.2, -0.15) is 0 Å². The van der Waals surface area contributed by atoms with Crippen molar-refractivity contribution in [3.63, 3.8) is 0 Å². The van der Waals surface area contributed by atoms with Crippen molar-refractivity contribution in [3.05, 3.63) is 47.0 Å². The van der Waals surface area contributed by atoms with Gasteiger partial charge in [0.25, 0.3) is 0 Å². The zero-order valence-electron chi connectivity index (χ0n) is 14.4. The molecule has 1 aromatic carbocycles. The molecular weight excluding hydrogens is 380 g/mol. The van der Waals surface area contributed by atoms with Crippen LogP contribution in [0.2, 0.25) is 5.02 Å². The van der Waals surface area contributed by atoms with Crippen LogP contribution in [0.25, 0.3) is 0 Å². The number of benzene rings is 1. The molecule has 144 valence electrons. The molecule has 0 unspecified atom stereocenters. The van der Waals surface area contributed by atoms with Gasteiger partial charge in [0.15, 0.2) is 0 Å². The highest BCUT2D eigenvalue weighted by Crippen LogP contribution is 2.16. The van der Waals surface area contributed by atoms with E-state index < -0.39 is 28.3 Å². The molecule has 0 aliphatic carbocycles. The molecule has 0 bridgehead atoms. The number of carbonyl (C=O) groups excluding carboxylic acids is 1. The molecule has 1 aromatic rings. The van der Waals surface area contributed by atoms with Crippen LogP contribution < -0.4 is 10.0 Å². The second kappa shape index (κ2) is 9.48. The van der Waals surface area contributed by atoms with Crippen LogP contribution in [0, 0.1) is 0 Å². The van der Waals surface area contributed by atoms with Crippen molar-refractivity contribution in [2.45, 2.75) is 38.1 Å². The summed E-state index contributed by atoms with van der Waals surface area (Å²) in [5.74, 6) is -0.273. The van der Waals surface area contributed by atoms with E-state index in [0.29, 0.717) is 11.6 Å². The van der Waals surface area contributed by atoms with E-state index in [-0.39, 0.29) is 24.7 Å². The van der Waals surface area contributed by atoms with Gasteiger partial charge < -0.3 is 15.2 Å². The Kier molecular flexibility index (Phi) is 7.60. The van der Waals surface area contributed by atoms with Gasteiger partial charge in [0.1, 0.15) is 6.10 Å². The predicted octanol–water partition coefficient (Wildman–Crippen LogP) is 0.970. The SMILES string of the molecule is CCS(=O)(=O)N[C@H]1C=C[C@@H](CC(=O)NCc2ccc(Cl)cc2)O[C@H]1CO. The van der Waals surface area contributed by atoms with Gasteiger partial charge in [-0.3, -0.25) is 4.79 Å². The molecule has 2 rings (SSSR count). The Balaban J connectivity index is 1.87. The van der Waals surface area contributed by atoms with Crippen LogP contribution in [0.5, 0.6) is 0 Å². The van der Waals surface area contributed by atoms with Crippen molar-refractivity contribution in [1.29, 1.82) is 0 Å². The van der Waals surface area contributed by atoms with Gasteiger partial charge in [-0.05, 0) is 24.6 Å². The van der Waals surface area contributed by atoms with Crippen molar-refractivity contribution in [1.82, 2.24) is 10.0 Å². The molecule has 1 amide bonds. The summed E-state index contributed by atoms with van der Waals surface area (Å²) < 4.78 is 31.4. The van der Waals surface area contributed by atoms with Gasteiger partial charge in [-0.15, -0.1) is 0 Å². The van der Waals surface area contributed by atoms with Gasteiger partial charge in [-0.25, -0.2) is 13.1 Å². The zero-order valence-corrected chi connectivity index (χ0v) is 16.0. The standard InChI is InChI=1S/C17H23ClN2O5S/c1-2-26(23,24)20-15-8-7-14(25-16(15)11-21)9-17(22)19-10-12-3-5-13(18)6-4-12/h3-8,14-16,20-21H,2,9-11H2,1H3,(H,19,22)/t14-,15-,16-/m0/s1. The maximum atomic E-state index is 12.1. The number of carbonyl (C=O) groups is 1. The molecule has 0 saturated heterocycles. The van der Waals surface area contributed by atoms with Crippen molar-refractivity contribution in [2.75, 3.05) is 12.4 Å². The highest BCUT2D eigenvalue weighted by atomic mass is 35.5. The molecule has 1 heterocycles. The Morgan fingerprint density at radius 3 is 2.58 bits per heavy atom. The number of amides is 1. The lowest BCUT2D eigenvalue weighted by atomic mass is 10.1. The highest BCUT2D eigenvalue weighted by molar-refractivity contribution is 7.89. The minimum atomic E-state index is -3.43. The van der Waals surface area contributed by atoms with Gasteiger partial charge in [0, 0.05) is 11.6 Å². The Bertz CT molecular complexity index is 736. The third kappa shape index (κ3) is 6.37. The average molecular weight is 403 g/mol. The minimum Gasteiger partial charge on any atom is -0.394 e. The maximum absolute atomic E-state index is 12.1. The second-order valence-corrected chi connectivity index (χ2v) is 8.41. The number of ether oxygens (including phenoxy) is 1. The van der Waals surface area contributed by atoms with Crippen LogP contribution in [-0.4, -0.2) is 50.0 Å². The molecule has 26 heavy (non-hydrogen) atoms. The van der Waals surface area contributed by atoms with Crippen molar-refractivity contribution in [2.24, 2.45) is 0 Å². The number of aliphatic hydroxyl groups is 1. The number of nitrogens with one attached hydrogen (secondary N) is 2.